The van der Waals surface area contributed by atoms with Crippen LogP contribution in [0.1, 0.15) is 17.2 Å². The van der Waals surface area contributed by atoms with Gasteiger partial charge < -0.3 is 9.84 Å². The molecule has 2 rings (SSSR count). The summed E-state index contributed by atoms with van der Waals surface area (Å²) in [6.07, 6.45) is -0.241. The number of rotatable bonds is 4. The third-order valence-electron chi connectivity index (χ3n) is 2.97. The van der Waals surface area contributed by atoms with Gasteiger partial charge in [-0.05, 0) is 35.4 Å². The fourth-order valence-corrected chi connectivity index (χ4v) is 2.48. The van der Waals surface area contributed by atoms with Crippen LogP contribution >= 0.6 is 34.8 Å². The van der Waals surface area contributed by atoms with Gasteiger partial charge >= 0.3 is 0 Å². The summed E-state index contributed by atoms with van der Waals surface area (Å²) in [5.74, 6) is 0.581. The summed E-state index contributed by atoms with van der Waals surface area (Å²) in [5, 5.41) is 11.7. The predicted molar refractivity (Wildman–Crippen MR) is 83.1 cm³/mol. The number of hydrogen-bond acceptors (Lipinski definition) is 2. The van der Waals surface area contributed by atoms with E-state index >= 15 is 0 Å². The Bertz CT molecular complexity index is 614. The Hall–Kier alpha value is -0.930. The lowest BCUT2D eigenvalue weighted by Crippen LogP contribution is -2.02. The summed E-state index contributed by atoms with van der Waals surface area (Å²) >= 11 is 17.9. The van der Waals surface area contributed by atoms with E-state index in [4.69, 9.17) is 39.5 Å². The van der Waals surface area contributed by atoms with E-state index in [0.29, 0.717) is 27.2 Å². The summed E-state index contributed by atoms with van der Waals surface area (Å²) < 4.78 is 5.08. The molecule has 0 saturated carbocycles. The summed E-state index contributed by atoms with van der Waals surface area (Å²) in [4.78, 5) is 0. The van der Waals surface area contributed by atoms with Gasteiger partial charge in [-0.15, -0.1) is 0 Å². The van der Waals surface area contributed by atoms with Gasteiger partial charge in [-0.3, -0.25) is 0 Å². The van der Waals surface area contributed by atoms with Crippen LogP contribution in [0.2, 0.25) is 15.1 Å². The first kappa shape index (κ1) is 15.5. The molecule has 5 heteroatoms. The van der Waals surface area contributed by atoms with E-state index in [-0.39, 0.29) is 0 Å². The minimum absolute atomic E-state index is 0.430. The van der Waals surface area contributed by atoms with Gasteiger partial charge in [0.1, 0.15) is 5.75 Å². The summed E-state index contributed by atoms with van der Waals surface area (Å²) in [7, 11) is 1.55. The average Bonchev–Trinajstić information content (AvgIpc) is 2.42. The highest BCUT2D eigenvalue weighted by Gasteiger charge is 2.12. The molecule has 0 radical (unpaired) electrons. The molecule has 20 heavy (non-hydrogen) atoms. The zero-order valence-electron chi connectivity index (χ0n) is 10.7. The molecule has 0 aliphatic carbocycles. The number of methoxy groups -OCH3 is 1. The molecule has 0 aliphatic rings. The molecule has 0 aromatic heterocycles. The summed E-state index contributed by atoms with van der Waals surface area (Å²) in [5.41, 5.74) is 1.63. The maximum Gasteiger partial charge on any atom is 0.137 e. The molecule has 1 unspecified atom stereocenters. The van der Waals surface area contributed by atoms with Crippen molar-refractivity contribution in [2.24, 2.45) is 0 Å². The van der Waals surface area contributed by atoms with Gasteiger partial charge in [-0.25, -0.2) is 0 Å². The molecule has 2 nitrogen and oxygen atoms in total. The normalized spacial score (nSPS) is 12.2. The maximum absolute atomic E-state index is 10.2. The van der Waals surface area contributed by atoms with Crippen LogP contribution in [0.5, 0.6) is 5.75 Å². The van der Waals surface area contributed by atoms with E-state index < -0.39 is 6.10 Å². The largest absolute Gasteiger partial charge is 0.495 e. The lowest BCUT2D eigenvalue weighted by molar-refractivity contribution is 0.178. The Kier molecular flexibility index (Phi) is 5.17. The van der Waals surface area contributed by atoms with E-state index in [1.165, 1.54) is 0 Å². The second-order valence-corrected chi connectivity index (χ2v) is 5.58. The van der Waals surface area contributed by atoms with Crippen LogP contribution in [0.25, 0.3) is 0 Å². The lowest BCUT2D eigenvalue weighted by atomic mass is 10.0. The molecular formula is C15H13Cl3O2. The number of halogens is 3. The van der Waals surface area contributed by atoms with Crippen molar-refractivity contribution in [1.82, 2.24) is 0 Å². The lowest BCUT2D eigenvalue weighted by Gasteiger charge is -2.13. The summed E-state index contributed by atoms with van der Waals surface area (Å²) in [6, 6.07) is 10.5. The van der Waals surface area contributed by atoms with Crippen molar-refractivity contribution < 1.29 is 9.84 Å². The zero-order chi connectivity index (χ0) is 14.7. The Morgan fingerprint density at radius 3 is 2.35 bits per heavy atom. The monoisotopic (exact) mass is 330 g/mol. The first-order chi connectivity index (χ1) is 9.51. The Labute approximate surface area is 132 Å². The van der Waals surface area contributed by atoms with Crippen LogP contribution in [-0.2, 0) is 6.42 Å². The first-order valence-corrected chi connectivity index (χ1v) is 7.10. The third-order valence-corrected chi connectivity index (χ3v) is 4.01. The van der Waals surface area contributed by atoms with Gasteiger partial charge in [-0.2, -0.15) is 0 Å². The number of aliphatic hydroxyl groups excluding tert-OH is 1. The van der Waals surface area contributed by atoms with Crippen molar-refractivity contribution >= 4 is 34.8 Å². The molecular weight excluding hydrogens is 319 g/mol. The zero-order valence-corrected chi connectivity index (χ0v) is 13.0. The number of aliphatic hydroxyl groups is 1. The molecule has 0 aliphatic heterocycles. The van der Waals surface area contributed by atoms with Crippen molar-refractivity contribution in [3.05, 3.63) is 62.6 Å². The van der Waals surface area contributed by atoms with E-state index in [0.717, 1.165) is 11.1 Å². The minimum atomic E-state index is -0.671. The van der Waals surface area contributed by atoms with Crippen molar-refractivity contribution in [1.29, 1.82) is 0 Å². The van der Waals surface area contributed by atoms with Crippen LogP contribution in [0.15, 0.2) is 36.4 Å². The standard InChI is InChI=1S/C15H13Cl3O2/c1-20-15-5-3-10(8-13(15)18)14(19)7-9-2-4-11(16)12(17)6-9/h2-6,8,14,19H,7H2,1H3. The van der Waals surface area contributed by atoms with Gasteiger partial charge in [0, 0.05) is 6.42 Å². The smallest absolute Gasteiger partial charge is 0.137 e. The maximum atomic E-state index is 10.2. The Morgan fingerprint density at radius 1 is 1.00 bits per heavy atom. The van der Waals surface area contributed by atoms with E-state index in [2.05, 4.69) is 0 Å². The van der Waals surface area contributed by atoms with Crippen LogP contribution in [0.4, 0.5) is 0 Å². The highest BCUT2D eigenvalue weighted by molar-refractivity contribution is 6.42. The molecule has 1 N–H and O–H groups in total. The quantitative estimate of drug-likeness (QED) is 0.860. The van der Waals surface area contributed by atoms with Gasteiger partial charge in [0.15, 0.2) is 0 Å². The number of benzene rings is 2. The fourth-order valence-electron chi connectivity index (χ4n) is 1.90. The SMILES string of the molecule is COc1ccc(C(O)Cc2ccc(Cl)c(Cl)c2)cc1Cl. The average molecular weight is 332 g/mol. The highest BCUT2D eigenvalue weighted by atomic mass is 35.5. The molecule has 0 spiro atoms. The molecule has 0 bridgehead atoms. The molecule has 106 valence electrons. The first-order valence-electron chi connectivity index (χ1n) is 5.96. The number of ether oxygens (including phenoxy) is 1. The van der Waals surface area contributed by atoms with Crippen LogP contribution in [-0.4, -0.2) is 12.2 Å². The van der Waals surface area contributed by atoms with Crippen LogP contribution < -0.4 is 4.74 Å². The highest BCUT2D eigenvalue weighted by Crippen LogP contribution is 2.30. The molecule has 2 aromatic rings. The van der Waals surface area contributed by atoms with Crippen molar-refractivity contribution in [2.45, 2.75) is 12.5 Å². The minimum Gasteiger partial charge on any atom is -0.495 e. The molecule has 2 aromatic carbocycles. The topological polar surface area (TPSA) is 29.5 Å². The van der Waals surface area contributed by atoms with Gasteiger partial charge in [0.05, 0.1) is 28.3 Å². The fraction of sp³-hybridized carbons (Fsp3) is 0.200. The Balaban J connectivity index is 2.17. The molecule has 0 amide bonds. The van der Waals surface area contributed by atoms with Crippen LogP contribution in [0.3, 0.4) is 0 Å². The Morgan fingerprint density at radius 2 is 1.75 bits per heavy atom. The van der Waals surface area contributed by atoms with Crippen molar-refractivity contribution in [2.75, 3.05) is 7.11 Å². The molecule has 0 heterocycles. The van der Waals surface area contributed by atoms with E-state index in [1.54, 1.807) is 37.4 Å². The van der Waals surface area contributed by atoms with Crippen molar-refractivity contribution in [3.63, 3.8) is 0 Å². The second-order valence-electron chi connectivity index (χ2n) is 4.36. The predicted octanol–water partition coefficient (Wildman–Crippen LogP) is 4.93. The van der Waals surface area contributed by atoms with Gasteiger partial charge in [-0.1, -0.05) is 46.9 Å². The molecule has 0 fully saturated rings. The van der Waals surface area contributed by atoms with E-state index in [9.17, 15) is 5.11 Å². The third kappa shape index (κ3) is 3.58. The van der Waals surface area contributed by atoms with Gasteiger partial charge in [0.25, 0.3) is 0 Å². The van der Waals surface area contributed by atoms with Crippen LogP contribution in [0, 0.1) is 0 Å². The molecule has 0 saturated heterocycles. The van der Waals surface area contributed by atoms with E-state index in [1.807, 2.05) is 6.07 Å². The van der Waals surface area contributed by atoms with Crippen molar-refractivity contribution in [3.8, 4) is 5.75 Å². The molecule has 1 atom stereocenters. The summed E-state index contributed by atoms with van der Waals surface area (Å²) in [6.45, 7) is 0. The second kappa shape index (κ2) is 6.68. The van der Waals surface area contributed by atoms with Gasteiger partial charge in [0.2, 0.25) is 0 Å². The number of hydrogen-bond donors (Lipinski definition) is 1.